The summed E-state index contributed by atoms with van der Waals surface area (Å²) in [6, 6.07) is 2.49. The number of hydrogen-bond donors (Lipinski definition) is 3. The second kappa shape index (κ2) is 6.74. The van der Waals surface area contributed by atoms with Crippen LogP contribution in [0.4, 0.5) is 0 Å². The van der Waals surface area contributed by atoms with Crippen LogP contribution in [0.15, 0.2) is 16.5 Å². The summed E-state index contributed by atoms with van der Waals surface area (Å²) in [5.74, 6) is 0.108. The SMILES string of the molecule is Cc1ccc(C=O)o1.NCC(N)C(=O)O. The van der Waals surface area contributed by atoms with Crippen LogP contribution in [0.25, 0.3) is 0 Å². The molecular weight excluding hydrogens is 200 g/mol. The van der Waals surface area contributed by atoms with E-state index in [-0.39, 0.29) is 6.54 Å². The zero-order valence-corrected chi connectivity index (χ0v) is 8.34. The molecule has 0 bridgehead atoms. The molecule has 0 amide bonds. The van der Waals surface area contributed by atoms with Gasteiger partial charge in [0.2, 0.25) is 0 Å². The maximum atomic E-state index is 9.93. The van der Waals surface area contributed by atoms with Crippen LogP contribution in [0.3, 0.4) is 0 Å². The number of carbonyl (C=O) groups excluding carboxylic acids is 1. The second-order valence-corrected chi connectivity index (χ2v) is 2.75. The summed E-state index contributed by atoms with van der Waals surface area (Å²) in [7, 11) is 0. The van der Waals surface area contributed by atoms with Crippen molar-refractivity contribution in [3.63, 3.8) is 0 Å². The Kier molecular flexibility index (Phi) is 6.00. The highest BCUT2D eigenvalue weighted by atomic mass is 16.4. The van der Waals surface area contributed by atoms with Gasteiger partial charge in [0.05, 0.1) is 0 Å². The summed E-state index contributed by atoms with van der Waals surface area (Å²) in [6.07, 6.45) is 0.688. The maximum Gasteiger partial charge on any atom is 0.321 e. The Bertz CT molecular complexity index is 322. The van der Waals surface area contributed by atoms with Crippen LogP contribution in [0.2, 0.25) is 0 Å². The van der Waals surface area contributed by atoms with E-state index < -0.39 is 12.0 Å². The zero-order valence-electron chi connectivity index (χ0n) is 8.34. The van der Waals surface area contributed by atoms with Crippen LogP contribution in [0.1, 0.15) is 16.3 Å². The molecule has 0 aliphatic carbocycles. The largest absolute Gasteiger partial charge is 0.480 e. The minimum Gasteiger partial charge on any atom is -0.480 e. The van der Waals surface area contributed by atoms with Crippen LogP contribution in [-0.2, 0) is 4.79 Å². The van der Waals surface area contributed by atoms with Gasteiger partial charge in [-0.25, -0.2) is 0 Å². The summed E-state index contributed by atoms with van der Waals surface area (Å²) in [5.41, 5.74) is 9.76. The monoisotopic (exact) mass is 214 g/mol. The predicted molar refractivity (Wildman–Crippen MR) is 53.5 cm³/mol. The Morgan fingerprint density at radius 1 is 1.67 bits per heavy atom. The predicted octanol–water partition coefficient (Wildman–Crippen LogP) is -0.242. The van der Waals surface area contributed by atoms with E-state index in [2.05, 4.69) is 0 Å². The fourth-order valence-electron chi connectivity index (χ4n) is 0.618. The van der Waals surface area contributed by atoms with Gasteiger partial charge in [-0.1, -0.05) is 0 Å². The van der Waals surface area contributed by atoms with Gasteiger partial charge >= 0.3 is 5.97 Å². The molecule has 1 aromatic heterocycles. The van der Waals surface area contributed by atoms with Gasteiger partial charge in [0.15, 0.2) is 12.0 Å². The van der Waals surface area contributed by atoms with Crippen molar-refractivity contribution < 1.29 is 19.1 Å². The molecule has 0 aromatic carbocycles. The Morgan fingerprint density at radius 3 is 2.40 bits per heavy atom. The first-order chi connectivity index (χ1) is 7.01. The number of hydrogen-bond acceptors (Lipinski definition) is 5. The molecule has 0 saturated heterocycles. The molecule has 0 fully saturated rings. The van der Waals surface area contributed by atoms with Gasteiger partial charge in [-0.2, -0.15) is 0 Å². The quantitative estimate of drug-likeness (QED) is 0.597. The van der Waals surface area contributed by atoms with E-state index in [9.17, 15) is 9.59 Å². The molecule has 1 aromatic rings. The standard InChI is InChI=1S/C6H6O2.C3H8N2O2/c1-5-2-3-6(4-7)8-5;4-1-2(5)3(6)7/h2-4H,1H3;2H,1,4-5H2,(H,6,7). The topological polar surface area (TPSA) is 120 Å². The number of furan rings is 1. The Hall–Kier alpha value is -1.66. The highest BCUT2D eigenvalue weighted by Gasteiger charge is 2.05. The van der Waals surface area contributed by atoms with Crippen molar-refractivity contribution in [2.24, 2.45) is 11.5 Å². The van der Waals surface area contributed by atoms with Gasteiger partial charge in [-0.15, -0.1) is 0 Å². The van der Waals surface area contributed by atoms with Crippen LogP contribution in [0.5, 0.6) is 0 Å². The molecule has 5 N–H and O–H groups in total. The lowest BCUT2D eigenvalue weighted by Gasteiger charge is -1.97. The minimum atomic E-state index is -1.05. The van der Waals surface area contributed by atoms with Gasteiger partial charge in [0, 0.05) is 6.54 Å². The molecule has 15 heavy (non-hydrogen) atoms. The third-order valence-corrected chi connectivity index (χ3v) is 1.45. The fraction of sp³-hybridized carbons (Fsp3) is 0.333. The molecule has 0 spiro atoms. The summed E-state index contributed by atoms with van der Waals surface area (Å²) in [5, 5.41) is 7.98. The fourth-order valence-corrected chi connectivity index (χ4v) is 0.618. The van der Waals surface area contributed by atoms with Gasteiger partial charge in [0.1, 0.15) is 11.8 Å². The first-order valence-corrected chi connectivity index (χ1v) is 4.21. The van der Waals surface area contributed by atoms with Crippen LogP contribution < -0.4 is 11.5 Å². The minimum absolute atomic E-state index is 0.00463. The van der Waals surface area contributed by atoms with Crippen LogP contribution in [0, 0.1) is 6.92 Å². The number of aldehydes is 1. The number of nitrogens with two attached hydrogens (primary N) is 2. The molecule has 6 nitrogen and oxygen atoms in total. The lowest BCUT2D eigenvalue weighted by molar-refractivity contribution is -0.138. The van der Waals surface area contributed by atoms with Crippen molar-refractivity contribution in [3.8, 4) is 0 Å². The van der Waals surface area contributed by atoms with Gasteiger partial charge in [0.25, 0.3) is 0 Å². The number of aryl methyl sites for hydroxylation is 1. The van der Waals surface area contributed by atoms with Crippen molar-refractivity contribution in [2.75, 3.05) is 6.54 Å². The van der Waals surface area contributed by atoms with Crippen molar-refractivity contribution in [1.82, 2.24) is 0 Å². The van der Waals surface area contributed by atoms with Gasteiger partial charge < -0.3 is 21.0 Å². The molecule has 1 heterocycles. The van der Waals surface area contributed by atoms with Crippen LogP contribution in [-0.4, -0.2) is 29.9 Å². The molecule has 1 unspecified atom stereocenters. The summed E-state index contributed by atoms with van der Waals surface area (Å²) in [6.45, 7) is 1.79. The van der Waals surface area contributed by atoms with E-state index in [1.165, 1.54) is 0 Å². The van der Waals surface area contributed by atoms with Gasteiger partial charge in [-0.05, 0) is 19.1 Å². The molecule has 6 heteroatoms. The number of rotatable bonds is 3. The third-order valence-electron chi connectivity index (χ3n) is 1.45. The van der Waals surface area contributed by atoms with E-state index >= 15 is 0 Å². The van der Waals surface area contributed by atoms with Crippen molar-refractivity contribution in [1.29, 1.82) is 0 Å². The van der Waals surface area contributed by atoms with E-state index in [0.717, 1.165) is 5.76 Å². The first kappa shape index (κ1) is 13.3. The number of carbonyl (C=O) groups is 2. The van der Waals surface area contributed by atoms with Gasteiger partial charge in [-0.3, -0.25) is 9.59 Å². The Balaban J connectivity index is 0.000000265. The summed E-state index contributed by atoms with van der Waals surface area (Å²) in [4.78, 5) is 19.7. The third kappa shape index (κ3) is 5.61. The maximum absolute atomic E-state index is 9.93. The van der Waals surface area contributed by atoms with Crippen molar-refractivity contribution in [3.05, 3.63) is 23.7 Å². The average Bonchev–Trinajstić information content (AvgIpc) is 2.63. The number of carboxylic acids is 1. The molecule has 0 radical (unpaired) electrons. The highest BCUT2D eigenvalue weighted by molar-refractivity contribution is 5.73. The number of carboxylic acid groups (broad SMARTS) is 1. The summed E-state index contributed by atoms with van der Waals surface area (Å²) < 4.78 is 4.86. The smallest absolute Gasteiger partial charge is 0.321 e. The first-order valence-electron chi connectivity index (χ1n) is 4.21. The van der Waals surface area contributed by atoms with E-state index in [1.807, 2.05) is 0 Å². The van der Waals surface area contributed by atoms with E-state index in [1.54, 1.807) is 19.1 Å². The molecule has 0 aliphatic heterocycles. The van der Waals surface area contributed by atoms with Crippen molar-refractivity contribution >= 4 is 12.3 Å². The molecule has 1 rings (SSSR count). The van der Waals surface area contributed by atoms with Crippen molar-refractivity contribution in [2.45, 2.75) is 13.0 Å². The molecule has 84 valence electrons. The van der Waals surface area contributed by atoms with E-state index in [4.69, 9.17) is 21.0 Å². The molecule has 0 aliphatic rings. The average molecular weight is 214 g/mol. The Morgan fingerprint density at radius 2 is 2.27 bits per heavy atom. The van der Waals surface area contributed by atoms with E-state index in [0.29, 0.717) is 12.0 Å². The molecular formula is C9H14N2O4. The normalized spacial score (nSPS) is 11.1. The Labute approximate surface area is 86.9 Å². The van der Waals surface area contributed by atoms with Crippen LogP contribution >= 0.6 is 0 Å². The lowest BCUT2D eigenvalue weighted by atomic mass is 10.3. The zero-order chi connectivity index (χ0) is 11.8. The number of aliphatic carboxylic acids is 1. The highest BCUT2D eigenvalue weighted by Crippen LogP contribution is 2.01. The summed E-state index contributed by atoms with van der Waals surface area (Å²) >= 11 is 0. The molecule has 0 saturated carbocycles. The second-order valence-electron chi connectivity index (χ2n) is 2.75. The molecule has 1 atom stereocenters. The lowest BCUT2D eigenvalue weighted by Crippen LogP contribution is -2.37.